The molecule has 0 saturated heterocycles. The largest absolute Gasteiger partial charge is 0.497 e. The van der Waals surface area contributed by atoms with E-state index in [1.165, 1.54) is 5.56 Å². The Bertz CT molecular complexity index is 1610. The fourth-order valence-corrected chi connectivity index (χ4v) is 5.46. The van der Waals surface area contributed by atoms with Crippen LogP contribution in [0.15, 0.2) is 79.0 Å². The van der Waals surface area contributed by atoms with Gasteiger partial charge < -0.3 is 23.9 Å². The van der Waals surface area contributed by atoms with Gasteiger partial charge in [0.15, 0.2) is 5.69 Å². The van der Waals surface area contributed by atoms with Crippen LogP contribution in [0.4, 0.5) is 0 Å². The van der Waals surface area contributed by atoms with Crippen LogP contribution in [0.1, 0.15) is 52.9 Å². The molecule has 0 aliphatic rings. The number of hydrogen-bond donors (Lipinski definition) is 1. The molecule has 5 rings (SSSR count). The number of hydrogen-bond acceptors (Lipinski definition) is 5. The number of aromatic nitrogens is 2. The third kappa shape index (κ3) is 6.36. The minimum Gasteiger partial charge on any atom is -0.497 e. The molecule has 2 aromatic heterocycles. The highest BCUT2D eigenvalue weighted by atomic mass is 16.5. The van der Waals surface area contributed by atoms with Crippen LogP contribution in [0.2, 0.25) is 0 Å². The maximum Gasteiger partial charge on any atom is 0.354 e. The van der Waals surface area contributed by atoms with Gasteiger partial charge in [-0.3, -0.25) is 0 Å². The number of fused-ring (bicyclic) bond motifs is 3. The first-order valence-corrected chi connectivity index (χ1v) is 14.1. The molecule has 5 aromatic rings. The number of carboxylic acids is 1. The molecule has 7 heteroatoms. The zero-order valence-corrected chi connectivity index (χ0v) is 23.6. The highest BCUT2D eigenvalue weighted by Gasteiger charge is 2.23. The van der Waals surface area contributed by atoms with Gasteiger partial charge in [0.25, 0.3) is 0 Å². The molecule has 0 amide bonds. The number of pyridine rings is 1. The van der Waals surface area contributed by atoms with E-state index in [0.29, 0.717) is 12.2 Å². The van der Waals surface area contributed by atoms with Crippen molar-refractivity contribution in [2.75, 3.05) is 14.2 Å². The Morgan fingerprint density at radius 3 is 2.32 bits per heavy atom. The van der Waals surface area contributed by atoms with Crippen molar-refractivity contribution >= 4 is 27.8 Å². The first-order chi connectivity index (χ1) is 20.1. The molecule has 0 spiro atoms. The Morgan fingerprint density at radius 2 is 1.59 bits per heavy atom. The van der Waals surface area contributed by atoms with E-state index in [0.717, 1.165) is 77.5 Å². The van der Waals surface area contributed by atoms with Crippen molar-refractivity contribution in [1.29, 1.82) is 0 Å². The predicted octanol–water partition coefficient (Wildman–Crippen LogP) is 7.42. The van der Waals surface area contributed by atoms with Crippen LogP contribution in [-0.4, -0.2) is 34.8 Å². The number of nitrogens with zero attached hydrogens (tertiary/aromatic N) is 2. The number of carbonyl (C=O) groups is 1. The molecule has 0 aliphatic heterocycles. The third-order valence-electron chi connectivity index (χ3n) is 7.48. The van der Waals surface area contributed by atoms with Crippen LogP contribution < -0.4 is 9.47 Å². The zero-order chi connectivity index (χ0) is 28.6. The predicted molar refractivity (Wildman–Crippen MR) is 161 cm³/mol. The fourth-order valence-electron chi connectivity index (χ4n) is 5.46. The van der Waals surface area contributed by atoms with Crippen molar-refractivity contribution < 1.29 is 24.1 Å². The Morgan fingerprint density at radius 1 is 0.805 bits per heavy atom. The summed E-state index contributed by atoms with van der Waals surface area (Å²) in [5.41, 5.74) is 4.86. The van der Waals surface area contributed by atoms with Crippen molar-refractivity contribution in [2.24, 2.45) is 0 Å². The van der Waals surface area contributed by atoms with Gasteiger partial charge in [0.1, 0.15) is 18.1 Å². The summed E-state index contributed by atoms with van der Waals surface area (Å²) in [7, 11) is 3.26. The first-order valence-electron chi connectivity index (χ1n) is 14.1. The molecular formula is C34H36N2O5. The molecule has 7 nitrogen and oxygen atoms in total. The van der Waals surface area contributed by atoms with E-state index in [9.17, 15) is 9.90 Å². The Kier molecular flexibility index (Phi) is 9.16. The molecule has 0 aliphatic carbocycles. The Balaban J connectivity index is 1.41. The van der Waals surface area contributed by atoms with Crippen LogP contribution in [0.25, 0.3) is 21.8 Å². The molecule has 212 valence electrons. The molecule has 2 heterocycles. The molecule has 3 aromatic carbocycles. The third-order valence-corrected chi connectivity index (χ3v) is 7.48. The van der Waals surface area contributed by atoms with Crippen molar-refractivity contribution in [3.8, 4) is 11.5 Å². The average molecular weight is 553 g/mol. The SMILES string of the molecule is COCc1c(C(=O)O)ncc2c1c1c(OCc3ccccc3)cccc1n2CCCCCCc1ccc(OC)cc1. The smallest absolute Gasteiger partial charge is 0.354 e. The lowest BCUT2D eigenvalue weighted by Gasteiger charge is -2.10. The second kappa shape index (κ2) is 13.3. The standard InChI is InChI=1S/C34H36N2O5/c1-39-23-27-31-29(21-35-33(27)34(37)38)36(20-9-4-3-6-11-24-16-18-26(40-2)19-17-24)28-14-10-15-30(32(28)31)41-22-25-12-7-5-8-13-25/h5,7-8,10,12-19,21H,3-4,6,9,11,20,22-23H2,1-2H3,(H,37,38). The van der Waals surface area contributed by atoms with E-state index in [-0.39, 0.29) is 12.3 Å². The summed E-state index contributed by atoms with van der Waals surface area (Å²) in [6, 6.07) is 24.3. The summed E-state index contributed by atoms with van der Waals surface area (Å²) in [5, 5.41) is 11.7. The van der Waals surface area contributed by atoms with E-state index < -0.39 is 5.97 Å². The Hall–Kier alpha value is -4.36. The van der Waals surface area contributed by atoms with Gasteiger partial charge in [-0.1, -0.05) is 61.4 Å². The maximum absolute atomic E-state index is 12.1. The highest BCUT2D eigenvalue weighted by molar-refractivity contribution is 6.14. The zero-order valence-electron chi connectivity index (χ0n) is 23.6. The number of ether oxygens (including phenoxy) is 3. The number of rotatable bonds is 14. The highest BCUT2D eigenvalue weighted by Crippen LogP contribution is 2.39. The maximum atomic E-state index is 12.1. The minimum absolute atomic E-state index is 0.00907. The van der Waals surface area contributed by atoms with Crippen molar-refractivity contribution in [3.63, 3.8) is 0 Å². The minimum atomic E-state index is -1.07. The fraction of sp³-hybridized carbons (Fsp3) is 0.294. The second-order valence-corrected chi connectivity index (χ2v) is 10.2. The molecule has 0 atom stereocenters. The number of carboxylic acid groups (broad SMARTS) is 1. The van der Waals surface area contributed by atoms with Gasteiger partial charge in [0.05, 0.1) is 36.3 Å². The van der Waals surface area contributed by atoms with Gasteiger partial charge in [-0.2, -0.15) is 0 Å². The van der Waals surface area contributed by atoms with E-state index in [2.05, 4.69) is 27.8 Å². The van der Waals surface area contributed by atoms with Gasteiger partial charge in [-0.25, -0.2) is 9.78 Å². The molecule has 0 radical (unpaired) electrons. The number of aromatic carboxylic acids is 1. The number of benzene rings is 3. The van der Waals surface area contributed by atoms with E-state index >= 15 is 0 Å². The van der Waals surface area contributed by atoms with Gasteiger partial charge >= 0.3 is 5.97 Å². The van der Waals surface area contributed by atoms with Crippen LogP contribution in [0.5, 0.6) is 11.5 Å². The van der Waals surface area contributed by atoms with Crippen molar-refractivity contribution in [3.05, 3.63) is 101 Å². The normalized spacial score (nSPS) is 11.3. The number of methoxy groups -OCH3 is 2. The summed E-state index contributed by atoms with van der Waals surface area (Å²) >= 11 is 0. The monoisotopic (exact) mass is 552 g/mol. The van der Waals surface area contributed by atoms with Crippen LogP contribution in [0.3, 0.4) is 0 Å². The lowest BCUT2D eigenvalue weighted by atomic mass is 10.1. The summed E-state index contributed by atoms with van der Waals surface area (Å²) in [6.07, 6.45) is 7.07. The van der Waals surface area contributed by atoms with Crippen molar-refractivity contribution in [1.82, 2.24) is 9.55 Å². The van der Waals surface area contributed by atoms with E-state index in [1.54, 1.807) is 20.4 Å². The average Bonchev–Trinajstić information content (AvgIpc) is 3.33. The lowest BCUT2D eigenvalue weighted by molar-refractivity contribution is 0.0685. The van der Waals surface area contributed by atoms with E-state index in [1.807, 2.05) is 54.6 Å². The quantitative estimate of drug-likeness (QED) is 0.144. The Labute approximate surface area is 240 Å². The summed E-state index contributed by atoms with van der Waals surface area (Å²) in [6.45, 7) is 1.35. The van der Waals surface area contributed by atoms with E-state index in [4.69, 9.17) is 14.2 Å². The summed E-state index contributed by atoms with van der Waals surface area (Å²) in [5.74, 6) is 0.529. The molecule has 0 bridgehead atoms. The van der Waals surface area contributed by atoms with Gasteiger partial charge in [-0.15, -0.1) is 0 Å². The van der Waals surface area contributed by atoms with Crippen LogP contribution >= 0.6 is 0 Å². The lowest BCUT2D eigenvalue weighted by Crippen LogP contribution is -2.08. The first kappa shape index (κ1) is 28.2. The van der Waals surface area contributed by atoms with Crippen LogP contribution in [0, 0.1) is 0 Å². The van der Waals surface area contributed by atoms with Crippen LogP contribution in [-0.2, 0) is 30.9 Å². The van der Waals surface area contributed by atoms with Crippen molar-refractivity contribution in [2.45, 2.75) is 51.9 Å². The topological polar surface area (TPSA) is 82.8 Å². The molecule has 41 heavy (non-hydrogen) atoms. The molecule has 0 fully saturated rings. The summed E-state index contributed by atoms with van der Waals surface area (Å²) < 4.78 is 19.3. The molecule has 0 saturated carbocycles. The second-order valence-electron chi connectivity index (χ2n) is 10.2. The van der Waals surface area contributed by atoms with Gasteiger partial charge in [0, 0.05) is 24.6 Å². The number of aryl methyl sites for hydroxylation is 2. The number of unbranched alkanes of at least 4 members (excludes halogenated alkanes) is 3. The van der Waals surface area contributed by atoms with Gasteiger partial charge in [-0.05, 0) is 54.7 Å². The molecular weight excluding hydrogens is 516 g/mol. The molecule has 1 N–H and O–H groups in total. The molecule has 0 unspecified atom stereocenters. The summed E-state index contributed by atoms with van der Waals surface area (Å²) in [4.78, 5) is 16.5. The van der Waals surface area contributed by atoms with Gasteiger partial charge in [0.2, 0.25) is 0 Å².